The first kappa shape index (κ1) is 14.9. The second kappa shape index (κ2) is 5.49. The van der Waals surface area contributed by atoms with E-state index in [-0.39, 0.29) is 11.4 Å². The first-order valence-corrected chi connectivity index (χ1v) is 7.52. The maximum atomic E-state index is 11.7. The zero-order valence-electron chi connectivity index (χ0n) is 12.0. The van der Waals surface area contributed by atoms with E-state index in [2.05, 4.69) is 40.4 Å². The molecule has 0 spiro atoms. The Morgan fingerprint density at radius 1 is 1.40 bits per heavy atom. The Kier molecular flexibility index (Phi) is 4.09. The third-order valence-corrected chi connectivity index (χ3v) is 4.51. The second-order valence-corrected chi connectivity index (χ2v) is 7.12. The molecule has 108 valence electrons. The molecule has 0 aliphatic heterocycles. The van der Waals surface area contributed by atoms with Gasteiger partial charge in [-0.25, -0.2) is 9.78 Å². The average Bonchev–Trinajstić information content (AvgIpc) is 2.96. The minimum absolute atomic E-state index is 0.0292. The predicted octanol–water partition coefficient (Wildman–Crippen LogP) is 2.11. The van der Waals surface area contributed by atoms with E-state index >= 15 is 0 Å². The fraction of sp³-hybridized carbons (Fsp3) is 0.545. The minimum atomic E-state index is -0.239. The zero-order chi connectivity index (χ0) is 14.9. The molecule has 0 aliphatic carbocycles. The van der Waals surface area contributed by atoms with Gasteiger partial charge in [-0.1, -0.05) is 25.3 Å². The van der Waals surface area contributed by atoms with Gasteiger partial charge in [0.1, 0.15) is 11.4 Å². The Morgan fingerprint density at radius 3 is 2.70 bits per heavy atom. The molecule has 0 saturated carbocycles. The van der Waals surface area contributed by atoms with Crippen molar-refractivity contribution < 1.29 is 4.79 Å². The third-order valence-electron chi connectivity index (χ3n) is 2.38. The molecule has 0 aromatic carbocycles. The van der Waals surface area contributed by atoms with Crippen LogP contribution in [0.4, 0.5) is 4.79 Å². The highest BCUT2D eigenvalue weighted by Crippen LogP contribution is 2.35. The van der Waals surface area contributed by atoms with E-state index in [1.54, 1.807) is 14.1 Å². The van der Waals surface area contributed by atoms with E-state index in [4.69, 9.17) is 0 Å². The van der Waals surface area contributed by atoms with Gasteiger partial charge in [0.2, 0.25) is 5.16 Å². The summed E-state index contributed by atoms with van der Waals surface area (Å²) in [4.78, 5) is 18.4. The van der Waals surface area contributed by atoms with Crippen LogP contribution in [-0.2, 0) is 5.41 Å². The van der Waals surface area contributed by atoms with E-state index in [0.717, 1.165) is 9.90 Å². The summed E-state index contributed by atoms with van der Waals surface area (Å²) in [7, 11) is 3.33. The summed E-state index contributed by atoms with van der Waals surface area (Å²) < 4.78 is 5.20. The summed E-state index contributed by atoms with van der Waals surface area (Å²) in [6.07, 6.45) is 1.40. The van der Waals surface area contributed by atoms with Gasteiger partial charge >= 0.3 is 6.03 Å². The SMILES string of the molecule is CN(C)C(=O)n1cnc(Sc2nnsc2C(C)(C)C)n1. The number of hydrogen-bond acceptors (Lipinski definition) is 7. The van der Waals surface area contributed by atoms with Crippen LogP contribution in [0.15, 0.2) is 16.5 Å². The number of carbonyl (C=O) groups is 1. The van der Waals surface area contributed by atoms with Crippen molar-refractivity contribution in [3.8, 4) is 0 Å². The number of nitrogens with zero attached hydrogens (tertiary/aromatic N) is 6. The van der Waals surface area contributed by atoms with Gasteiger partial charge in [-0.05, 0) is 23.3 Å². The fourth-order valence-electron chi connectivity index (χ4n) is 1.39. The van der Waals surface area contributed by atoms with Gasteiger partial charge in [-0.15, -0.1) is 10.2 Å². The van der Waals surface area contributed by atoms with Crippen LogP contribution in [0.25, 0.3) is 0 Å². The van der Waals surface area contributed by atoms with Crippen LogP contribution < -0.4 is 0 Å². The minimum Gasteiger partial charge on any atom is -0.329 e. The van der Waals surface area contributed by atoms with Crippen molar-refractivity contribution in [1.29, 1.82) is 0 Å². The number of rotatable bonds is 2. The molecular weight excluding hydrogens is 296 g/mol. The number of hydrogen-bond donors (Lipinski definition) is 0. The number of aromatic nitrogens is 5. The molecule has 2 aromatic heterocycles. The molecule has 9 heteroatoms. The molecule has 2 heterocycles. The standard InChI is InChI=1S/C11H16N6OS2/c1-11(2,3)7-8(13-15-20-7)19-9-12-6-17(14-9)10(18)16(4)5/h6H,1-5H3. The lowest BCUT2D eigenvalue weighted by molar-refractivity contribution is 0.215. The van der Waals surface area contributed by atoms with E-state index in [1.165, 1.54) is 39.2 Å². The van der Waals surface area contributed by atoms with E-state index < -0.39 is 0 Å². The molecule has 7 nitrogen and oxygen atoms in total. The number of carbonyl (C=O) groups excluding carboxylic acids is 1. The van der Waals surface area contributed by atoms with Crippen molar-refractivity contribution in [3.05, 3.63) is 11.2 Å². The van der Waals surface area contributed by atoms with Crippen LogP contribution >= 0.6 is 23.3 Å². The topological polar surface area (TPSA) is 76.8 Å². The molecule has 0 radical (unpaired) electrons. The van der Waals surface area contributed by atoms with Crippen LogP contribution in [0.3, 0.4) is 0 Å². The Morgan fingerprint density at radius 2 is 2.10 bits per heavy atom. The summed E-state index contributed by atoms with van der Waals surface area (Å²) in [6, 6.07) is -0.239. The lowest BCUT2D eigenvalue weighted by Gasteiger charge is -2.15. The molecule has 0 aliphatic rings. The van der Waals surface area contributed by atoms with E-state index in [1.807, 2.05) is 0 Å². The molecule has 2 rings (SSSR count). The van der Waals surface area contributed by atoms with E-state index in [9.17, 15) is 4.79 Å². The van der Waals surface area contributed by atoms with E-state index in [0.29, 0.717) is 5.16 Å². The van der Waals surface area contributed by atoms with Gasteiger partial charge < -0.3 is 4.90 Å². The zero-order valence-corrected chi connectivity index (χ0v) is 13.6. The maximum Gasteiger partial charge on any atom is 0.345 e. The largest absolute Gasteiger partial charge is 0.345 e. The summed E-state index contributed by atoms with van der Waals surface area (Å²) in [5.74, 6) is 0. The lowest BCUT2D eigenvalue weighted by atomic mass is 9.95. The van der Waals surface area contributed by atoms with Gasteiger partial charge in [0.05, 0.1) is 4.88 Å². The molecule has 0 N–H and O–H groups in total. The molecule has 0 bridgehead atoms. The molecule has 0 fully saturated rings. The first-order chi connectivity index (χ1) is 9.29. The van der Waals surface area contributed by atoms with Crippen LogP contribution in [-0.4, -0.2) is 49.4 Å². The van der Waals surface area contributed by atoms with Crippen molar-refractivity contribution in [1.82, 2.24) is 29.3 Å². The third kappa shape index (κ3) is 3.15. The highest BCUT2D eigenvalue weighted by atomic mass is 32.2. The Balaban J connectivity index is 2.20. The first-order valence-electron chi connectivity index (χ1n) is 5.93. The van der Waals surface area contributed by atoms with Gasteiger partial charge in [0.25, 0.3) is 0 Å². The Bertz CT molecular complexity index is 612. The summed E-state index contributed by atoms with van der Waals surface area (Å²) in [5, 5.41) is 9.53. The van der Waals surface area contributed by atoms with Crippen LogP contribution in [0.1, 0.15) is 25.6 Å². The molecule has 20 heavy (non-hydrogen) atoms. The highest BCUT2D eigenvalue weighted by molar-refractivity contribution is 7.99. The van der Waals surface area contributed by atoms with Crippen LogP contribution in [0, 0.1) is 0 Å². The van der Waals surface area contributed by atoms with Crippen LogP contribution in [0.5, 0.6) is 0 Å². The van der Waals surface area contributed by atoms with Crippen molar-refractivity contribution in [3.63, 3.8) is 0 Å². The summed E-state index contributed by atoms with van der Waals surface area (Å²) in [5.41, 5.74) is -0.0292. The smallest absolute Gasteiger partial charge is 0.329 e. The number of amides is 1. The fourth-order valence-corrected chi connectivity index (χ4v) is 3.15. The quantitative estimate of drug-likeness (QED) is 0.845. The molecule has 0 unspecified atom stereocenters. The predicted molar refractivity (Wildman–Crippen MR) is 77.2 cm³/mol. The molecule has 1 amide bonds. The van der Waals surface area contributed by atoms with Gasteiger partial charge in [-0.3, -0.25) is 0 Å². The lowest BCUT2D eigenvalue weighted by Crippen LogP contribution is -2.27. The molecule has 0 atom stereocenters. The molecule has 0 saturated heterocycles. The monoisotopic (exact) mass is 312 g/mol. The molecular formula is C11H16N6OS2. The Hall–Kier alpha value is -1.48. The average molecular weight is 312 g/mol. The highest BCUT2D eigenvalue weighted by Gasteiger charge is 2.24. The normalized spacial score (nSPS) is 11.7. The van der Waals surface area contributed by atoms with Gasteiger partial charge in [0.15, 0.2) is 0 Å². The maximum absolute atomic E-state index is 11.7. The van der Waals surface area contributed by atoms with Gasteiger partial charge in [0, 0.05) is 19.5 Å². The Labute approximate surface area is 125 Å². The van der Waals surface area contributed by atoms with Gasteiger partial charge in [-0.2, -0.15) is 4.68 Å². The van der Waals surface area contributed by atoms with Crippen molar-refractivity contribution in [2.24, 2.45) is 0 Å². The van der Waals surface area contributed by atoms with Crippen LogP contribution in [0.2, 0.25) is 0 Å². The van der Waals surface area contributed by atoms with Crippen molar-refractivity contribution in [2.45, 2.75) is 36.4 Å². The van der Waals surface area contributed by atoms with Crippen molar-refractivity contribution in [2.75, 3.05) is 14.1 Å². The molecule has 2 aromatic rings. The second-order valence-electron chi connectivity index (χ2n) is 5.41. The summed E-state index contributed by atoms with van der Waals surface area (Å²) in [6.45, 7) is 6.32. The van der Waals surface area contributed by atoms with Crippen molar-refractivity contribution >= 4 is 29.3 Å². The summed E-state index contributed by atoms with van der Waals surface area (Å²) >= 11 is 2.69.